The third-order valence-electron chi connectivity index (χ3n) is 4.60. The topological polar surface area (TPSA) is 37.4 Å². The van der Waals surface area contributed by atoms with E-state index in [4.69, 9.17) is 0 Å². The van der Waals surface area contributed by atoms with E-state index < -0.39 is 0 Å². The van der Waals surface area contributed by atoms with Crippen LogP contribution in [0.15, 0.2) is 0 Å². The average Bonchev–Trinajstić information content (AvgIpc) is 2.15. The number of carbonyl (C=O) groups excluding carboxylic acids is 2. The second-order valence-corrected chi connectivity index (χ2v) is 5.57. The largest absolute Gasteiger partial charge is 0.305 e. The van der Waals surface area contributed by atoms with Crippen molar-refractivity contribution < 1.29 is 9.59 Å². The average molecular weight is 207 g/mol. The molecule has 0 aromatic carbocycles. The van der Waals surface area contributed by atoms with Crippen LogP contribution in [0.1, 0.15) is 19.3 Å². The fraction of sp³-hybridized carbons (Fsp3) is 0.833. The van der Waals surface area contributed by atoms with Crippen molar-refractivity contribution in [2.75, 3.05) is 14.1 Å². The first-order valence-electron chi connectivity index (χ1n) is 5.83. The molecule has 0 aliphatic heterocycles. The molecule has 4 aliphatic carbocycles. The molecule has 4 fully saturated rings. The summed E-state index contributed by atoms with van der Waals surface area (Å²) in [5.41, 5.74) is 0. The molecule has 0 spiro atoms. The molecule has 0 radical (unpaired) electrons. The summed E-state index contributed by atoms with van der Waals surface area (Å²) in [5.74, 6) is 1.61. The summed E-state index contributed by atoms with van der Waals surface area (Å²) in [5, 5.41) is 0. The highest BCUT2D eigenvalue weighted by molar-refractivity contribution is 5.96. The summed E-state index contributed by atoms with van der Waals surface area (Å²) in [4.78, 5) is 26.2. The van der Waals surface area contributed by atoms with Crippen LogP contribution in [0.3, 0.4) is 0 Å². The Balaban J connectivity index is 2.00. The Kier molecular flexibility index (Phi) is 1.85. The molecule has 0 heterocycles. The van der Waals surface area contributed by atoms with E-state index in [9.17, 15) is 9.59 Å². The Labute approximate surface area is 89.8 Å². The highest BCUT2D eigenvalue weighted by Crippen LogP contribution is 2.51. The molecule has 15 heavy (non-hydrogen) atoms. The zero-order valence-corrected chi connectivity index (χ0v) is 9.27. The van der Waals surface area contributed by atoms with Crippen LogP contribution in [-0.2, 0) is 9.59 Å². The molecule has 0 N–H and O–H groups in total. The van der Waals surface area contributed by atoms with Crippen molar-refractivity contribution in [1.82, 2.24) is 4.90 Å². The number of hydrogen-bond acceptors (Lipinski definition) is 3. The molecule has 4 saturated carbocycles. The van der Waals surface area contributed by atoms with Gasteiger partial charge in [0.1, 0.15) is 11.6 Å². The minimum atomic E-state index is 0.153. The van der Waals surface area contributed by atoms with Crippen molar-refractivity contribution in [2.45, 2.75) is 25.3 Å². The van der Waals surface area contributed by atoms with Gasteiger partial charge in [0.25, 0.3) is 0 Å². The third-order valence-corrected chi connectivity index (χ3v) is 4.60. The first-order valence-corrected chi connectivity index (χ1v) is 5.83. The van der Waals surface area contributed by atoms with Crippen LogP contribution in [0.25, 0.3) is 0 Å². The Bertz CT molecular complexity index is 309. The van der Waals surface area contributed by atoms with Gasteiger partial charge in [-0.3, -0.25) is 9.59 Å². The van der Waals surface area contributed by atoms with Gasteiger partial charge in [0, 0.05) is 29.7 Å². The van der Waals surface area contributed by atoms with Crippen molar-refractivity contribution in [1.29, 1.82) is 0 Å². The number of rotatable bonds is 1. The van der Waals surface area contributed by atoms with E-state index in [0.717, 1.165) is 19.3 Å². The fourth-order valence-electron chi connectivity index (χ4n) is 4.07. The predicted octanol–water partition coefficient (Wildman–Crippen LogP) is 0.731. The number of carbonyl (C=O) groups is 2. The molecule has 82 valence electrons. The van der Waals surface area contributed by atoms with Crippen molar-refractivity contribution in [3.63, 3.8) is 0 Å². The van der Waals surface area contributed by atoms with E-state index in [2.05, 4.69) is 4.90 Å². The molecule has 4 rings (SSSR count). The maximum atomic E-state index is 12.1. The maximum absolute atomic E-state index is 12.1. The van der Waals surface area contributed by atoms with Crippen LogP contribution >= 0.6 is 0 Å². The Morgan fingerprint density at radius 3 is 1.80 bits per heavy atom. The summed E-state index contributed by atoms with van der Waals surface area (Å²) in [7, 11) is 3.99. The zero-order valence-electron chi connectivity index (χ0n) is 9.27. The van der Waals surface area contributed by atoms with Gasteiger partial charge in [-0.05, 0) is 33.4 Å². The van der Waals surface area contributed by atoms with Gasteiger partial charge in [-0.25, -0.2) is 0 Å². The van der Waals surface area contributed by atoms with Crippen molar-refractivity contribution >= 4 is 11.6 Å². The Hall–Kier alpha value is -0.700. The lowest BCUT2D eigenvalue weighted by atomic mass is 9.52. The van der Waals surface area contributed by atoms with Gasteiger partial charge in [-0.2, -0.15) is 0 Å². The maximum Gasteiger partial charge on any atom is 0.140 e. The van der Waals surface area contributed by atoms with Gasteiger partial charge >= 0.3 is 0 Å². The van der Waals surface area contributed by atoms with Gasteiger partial charge in [0.2, 0.25) is 0 Å². The van der Waals surface area contributed by atoms with Crippen molar-refractivity contribution in [2.24, 2.45) is 23.7 Å². The molecule has 3 nitrogen and oxygen atoms in total. The highest BCUT2D eigenvalue weighted by atomic mass is 16.1. The van der Waals surface area contributed by atoms with E-state index >= 15 is 0 Å². The van der Waals surface area contributed by atoms with E-state index in [1.165, 1.54) is 0 Å². The van der Waals surface area contributed by atoms with Gasteiger partial charge in [-0.15, -0.1) is 0 Å². The highest BCUT2D eigenvalue weighted by Gasteiger charge is 2.57. The first-order chi connectivity index (χ1) is 7.09. The second kappa shape index (κ2) is 2.91. The van der Waals surface area contributed by atoms with Crippen LogP contribution in [0.5, 0.6) is 0 Å². The van der Waals surface area contributed by atoms with Gasteiger partial charge in [0.05, 0.1) is 0 Å². The standard InChI is InChI=1S/C12H17NO2/c1-13(2)10-8-4-6-3-7(12(8)15)5-9(10)11(6)14/h6-10H,3-5H2,1-2H3. The lowest BCUT2D eigenvalue weighted by Gasteiger charge is -2.53. The number of ketones is 2. The van der Waals surface area contributed by atoms with E-state index in [1.54, 1.807) is 0 Å². The van der Waals surface area contributed by atoms with Crippen LogP contribution in [-0.4, -0.2) is 36.6 Å². The quantitative estimate of drug-likeness (QED) is 0.636. The van der Waals surface area contributed by atoms with Gasteiger partial charge in [0.15, 0.2) is 0 Å². The van der Waals surface area contributed by atoms with Crippen LogP contribution in [0.2, 0.25) is 0 Å². The minimum absolute atomic E-state index is 0.153. The summed E-state index contributed by atoms with van der Waals surface area (Å²) >= 11 is 0. The Morgan fingerprint density at radius 1 is 0.933 bits per heavy atom. The third kappa shape index (κ3) is 1.10. The van der Waals surface area contributed by atoms with Crippen LogP contribution in [0, 0.1) is 23.7 Å². The van der Waals surface area contributed by atoms with Gasteiger partial charge in [-0.1, -0.05) is 0 Å². The molecule has 0 aromatic rings. The SMILES string of the molecule is CN(C)C1C2CC3CC(CC1C3=O)C2=O. The molecule has 0 saturated heterocycles. The number of Topliss-reactive ketones (excluding diaryl/α,β-unsaturated/α-hetero) is 2. The minimum Gasteiger partial charge on any atom is -0.305 e. The van der Waals surface area contributed by atoms with E-state index in [-0.39, 0.29) is 29.7 Å². The number of hydrogen-bond donors (Lipinski definition) is 0. The van der Waals surface area contributed by atoms with E-state index in [1.807, 2.05) is 14.1 Å². The van der Waals surface area contributed by atoms with E-state index in [0.29, 0.717) is 11.6 Å². The van der Waals surface area contributed by atoms with Crippen LogP contribution in [0.4, 0.5) is 0 Å². The molecule has 0 amide bonds. The molecule has 4 bridgehead atoms. The summed E-state index contributed by atoms with van der Waals surface area (Å²) in [6.07, 6.45) is 2.51. The smallest absolute Gasteiger partial charge is 0.140 e. The predicted molar refractivity (Wildman–Crippen MR) is 55.3 cm³/mol. The second-order valence-electron chi connectivity index (χ2n) is 5.57. The van der Waals surface area contributed by atoms with Crippen molar-refractivity contribution in [3.8, 4) is 0 Å². The molecule has 3 heteroatoms. The summed E-state index contributed by atoms with van der Waals surface area (Å²) in [6.45, 7) is 0. The van der Waals surface area contributed by atoms with Gasteiger partial charge < -0.3 is 4.90 Å². The zero-order chi connectivity index (χ0) is 10.7. The fourth-order valence-corrected chi connectivity index (χ4v) is 4.07. The monoisotopic (exact) mass is 207 g/mol. The molecular formula is C12H17NO2. The lowest BCUT2D eigenvalue weighted by Crippen LogP contribution is -2.62. The summed E-state index contributed by atoms with van der Waals surface area (Å²) in [6, 6.07) is 0.192. The Morgan fingerprint density at radius 2 is 1.40 bits per heavy atom. The normalized spacial score (nSPS) is 48.1. The molecule has 4 aliphatic rings. The molecule has 0 aromatic heterocycles. The molecule has 4 unspecified atom stereocenters. The molecular weight excluding hydrogens is 190 g/mol. The van der Waals surface area contributed by atoms with Crippen molar-refractivity contribution in [3.05, 3.63) is 0 Å². The number of nitrogens with zero attached hydrogens (tertiary/aromatic N) is 1. The lowest BCUT2D eigenvalue weighted by molar-refractivity contribution is -0.158. The van der Waals surface area contributed by atoms with Crippen LogP contribution < -0.4 is 0 Å². The summed E-state index contributed by atoms with van der Waals surface area (Å²) < 4.78 is 0. The molecule has 4 atom stereocenters. The first kappa shape index (κ1) is 9.52.